The van der Waals surface area contributed by atoms with Crippen LogP contribution in [-0.2, 0) is 9.59 Å². The molecule has 2 N–H and O–H groups in total. The van der Waals surface area contributed by atoms with E-state index in [1.165, 1.54) is 0 Å². The number of nitrogens with zero attached hydrogens (tertiary/aromatic N) is 1. The molecule has 0 heterocycles. The maximum Gasteiger partial charge on any atom is 0.306 e. The first kappa shape index (κ1) is 16.5. The molecule has 0 aliphatic carbocycles. The second-order valence-electron chi connectivity index (χ2n) is 4.69. The number of ether oxygens (including phenoxy) is 1. The zero-order chi connectivity index (χ0) is 15.8. The first-order valence-electron chi connectivity index (χ1n) is 6.62. The number of nitrogens with one attached hydrogen (secondary N) is 1. The number of carboxylic acid groups (broad SMARTS) is 1. The number of carbonyl (C=O) groups excluding carboxylic acids is 1. The normalized spacial score (nSPS) is 12.8. The van der Waals surface area contributed by atoms with Gasteiger partial charge in [0.2, 0.25) is 0 Å². The quantitative estimate of drug-likeness (QED) is 0.793. The van der Waals surface area contributed by atoms with Crippen LogP contribution in [0.3, 0.4) is 0 Å². The van der Waals surface area contributed by atoms with Crippen LogP contribution in [0.15, 0.2) is 24.3 Å². The van der Waals surface area contributed by atoms with Crippen molar-refractivity contribution in [1.82, 2.24) is 5.32 Å². The van der Waals surface area contributed by atoms with E-state index >= 15 is 0 Å². The Balaban J connectivity index is 2.48. The van der Waals surface area contributed by atoms with Crippen LogP contribution < -0.4 is 10.1 Å². The van der Waals surface area contributed by atoms with E-state index in [1.54, 1.807) is 38.1 Å². The van der Waals surface area contributed by atoms with E-state index in [-0.39, 0.29) is 12.5 Å². The SMILES string of the molecule is CC(CCNC(=O)C(C)Oc1ccccc1C#N)C(=O)O. The molecule has 1 aromatic carbocycles. The third kappa shape index (κ3) is 5.15. The fourth-order valence-corrected chi connectivity index (χ4v) is 1.58. The van der Waals surface area contributed by atoms with Gasteiger partial charge in [0.15, 0.2) is 6.10 Å². The Hall–Kier alpha value is -2.55. The number of benzene rings is 1. The van der Waals surface area contributed by atoms with Crippen molar-refractivity contribution >= 4 is 11.9 Å². The highest BCUT2D eigenvalue weighted by Gasteiger charge is 2.17. The van der Waals surface area contributed by atoms with Gasteiger partial charge in [-0.1, -0.05) is 19.1 Å². The summed E-state index contributed by atoms with van der Waals surface area (Å²) in [6.45, 7) is 3.42. The molecule has 2 unspecified atom stereocenters. The van der Waals surface area contributed by atoms with Gasteiger partial charge in [0.1, 0.15) is 11.8 Å². The van der Waals surface area contributed by atoms with E-state index in [1.807, 2.05) is 6.07 Å². The van der Waals surface area contributed by atoms with Crippen LogP contribution in [-0.4, -0.2) is 29.6 Å². The van der Waals surface area contributed by atoms with E-state index in [9.17, 15) is 9.59 Å². The molecule has 2 atom stereocenters. The van der Waals surface area contributed by atoms with Crippen molar-refractivity contribution in [2.24, 2.45) is 5.92 Å². The largest absolute Gasteiger partial charge is 0.481 e. The second-order valence-corrected chi connectivity index (χ2v) is 4.69. The molecule has 0 aliphatic heterocycles. The van der Waals surface area contributed by atoms with Gasteiger partial charge in [-0.05, 0) is 25.5 Å². The monoisotopic (exact) mass is 290 g/mol. The molecular formula is C15H18N2O4. The number of rotatable bonds is 7. The number of hydrogen-bond acceptors (Lipinski definition) is 4. The van der Waals surface area contributed by atoms with Gasteiger partial charge in [-0.2, -0.15) is 5.26 Å². The summed E-state index contributed by atoms with van der Waals surface area (Å²) in [6.07, 6.45) is -0.414. The molecule has 0 radical (unpaired) electrons. The second kappa shape index (κ2) is 7.90. The molecule has 0 bridgehead atoms. The van der Waals surface area contributed by atoms with Gasteiger partial charge in [-0.3, -0.25) is 9.59 Å². The molecule has 0 aliphatic rings. The zero-order valence-corrected chi connectivity index (χ0v) is 12.0. The highest BCUT2D eigenvalue weighted by Crippen LogP contribution is 2.18. The lowest BCUT2D eigenvalue weighted by molar-refractivity contribution is -0.141. The van der Waals surface area contributed by atoms with Crippen LogP contribution in [0.25, 0.3) is 0 Å². The summed E-state index contributed by atoms with van der Waals surface area (Å²) in [5.41, 5.74) is 0.358. The maximum absolute atomic E-state index is 11.8. The Morgan fingerprint density at radius 3 is 2.67 bits per heavy atom. The highest BCUT2D eigenvalue weighted by atomic mass is 16.5. The first-order chi connectivity index (χ1) is 9.95. The summed E-state index contributed by atoms with van der Waals surface area (Å²) < 4.78 is 5.45. The molecule has 21 heavy (non-hydrogen) atoms. The van der Waals surface area contributed by atoms with Crippen LogP contribution in [0.5, 0.6) is 5.75 Å². The molecule has 0 saturated carbocycles. The van der Waals surface area contributed by atoms with Crippen molar-refractivity contribution in [2.75, 3.05) is 6.54 Å². The Bertz CT molecular complexity index is 551. The van der Waals surface area contributed by atoms with Crippen LogP contribution in [0, 0.1) is 17.2 Å². The topological polar surface area (TPSA) is 99.4 Å². The summed E-state index contributed by atoms with van der Waals surface area (Å²) in [5.74, 6) is -1.40. The third-order valence-electron chi connectivity index (χ3n) is 2.98. The molecule has 1 amide bonds. The summed E-state index contributed by atoms with van der Waals surface area (Å²) in [7, 11) is 0. The van der Waals surface area contributed by atoms with Crippen LogP contribution in [0.1, 0.15) is 25.8 Å². The molecule has 6 heteroatoms. The maximum atomic E-state index is 11.8. The minimum atomic E-state index is -0.892. The molecule has 0 saturated heterocycles. The Labute approximate surface area is 123 Å². The highest BCUT2D eigenvalue weighted by molar-refractivity contribution is 5.80. The van der Waals surface area contributed by atoms with E-state index in [0.717, 1.165) is 0 Å². The molecule has 6 nitrogen and oxygen atoms in total. The fourth-order valence-electron chi connectivity index (χ4n) is 1.58. The van der Waals surface area contributed by atoms with E-state index in [0.29, 0.717) is 17.7 Å². The Kier molecular flexibility index (Phi) is 6.21. The number of para-hydroxylation sites is 1. The van der Waals surface area contributed by atoms with Gasteiger partial charge < -0.3 is 15.2 Å². The van der Waals surface area contributed by atoms with Crippen molar-refractivity contribution in [3.63, 3.8) is 0 Å². The van der Waals surface area contributed by atoms with Crippen molar-refractivity contribution < 1.29 is 19.4 Å². The summed E-state index contributed by atoms with van der Waals surface area (Å²) in [5, 5.41) is 20.3. The van der Waals surface area contributed by atoms with E-state index < -0.39 is 18.0 Å². The first-order valence-corrected chi connectivity index (χ1v) is 6.62. The molecule has 0 aromatic heterocycles. The van der Waals surface area contributed by atoms with Crippen LogP contribution in [0.4, 0.5) is 0 Å². The van der Waals surface area contributed by atoms with Crippen molar-refractivity contribution in [3.05, 3.63) is 29.8 Å². The number of nitriles is 1. The third-order valence-corrected chi connectivity index (χ3v) is 2.98. The number of carboxylic acids is 1. The predicted octanol–water partition coefficient (Wildman–Crippen LogP) is 1.55. The van der Waals surface area contributed by atoms with Crippen molar-refractivity contribution in [2.45, 2.75) is 26.4 Å². The van der Waals surface area contributed by atoms with Gasteiger partial charge in [0, 0.05) is 6.54 Å². The average Bonchev–Trinajstić information content (AvgIpc) is 2.47. The van der Waals surface area contributed by atoms with Gasteiger partial charge >= 0.3 is 5.97 Å². The van der Waals surface area contributed by atoms with Gasteiger partial charge in [0.05, 0.1) is 11.5 Å². The molecule has 112 valence electrons. The summed E-state index contributed by atoms with van der Waals surface area (Å²) in [4.78, 5) is 22.5. The zero-order valence-electron chi connectivity index (χ0n) is 12.0. The Morgan fingerprint density at radius 1 is 1.38 bits per heavy atom. The van der Waals surface area contributed by atoms with Crippen LogP contribution >= 0.6 is 0 Å². The summed E-state index contributed by atoms with van der Waals surface area (Å²) in [6, 6.07) is 8.64. The smallest absolute Gasteiger partial charge is 0.306 e. The summed E-state index contributed by atoms with van der Waals surface area (Å²) >= 11 is 0. The number of carbonyl (C=O) groups is 2. The van der Waals surface area contributed by atoms with E-state index in [2.05, 4.69) is 5.32 Å². The molecule has 1 aromatic rings. The number of amides is 1. The molecule has 0 fully saturated rings. The minimum Gasteiger partial charge on any atom is -0.481 e. The van der Waals surface area contributed by atoms with Gasteiger partial charge in [-0.25, -0.2) is 0 Å². The lowest BCUT2D eigenvalue weighted by Crippen LogP contribution is -2.37. The fraction of sp³-hybridized carbons (Fsp3) is 0.400. The molecular weight excluding hydrogens is 272 g/mol. The van der Waals surface area contributed by atoms with E-state index in [4.69, 9.17) is 15.1 Å². The standard InChI is InChI=1S/C15H18N2O4/c1-10(15(19)20)7-8-17-14(18)11(2)21-13-6-4-3-5-12(13)9-16/h3-6,10-11H,7-8H2,1-2H3,(H,17,18)(H,19,20). The predicted molar refractivity (Wildman–Crippen MR) is 75.7 cm³/mol. The lowest BCUT2D eigenvalue weighted by Gasteiger charge is -2.16. The number of hydrogen-bond donors (Lipinski definition) is 2. The minimum absolute atomic E-state index is 0.264. The van der Waals surface area contributed by atoms with Crippen LogP contribution in [0.2, 0.25) is 0 Å². The number of aliphatic carboxylic acids is 1. The molecule has 0 spiro atoms. The van der Waals surface area contributed by atoms with Gasteiger partial charge in [0.25, 0.3) is 5.91 Å². The Morgan fingerprint density at radius 2 is 2.05 bits per heavy atom. The average molecular weight is 290 g/mol. The molecule has 1 rings (SSSR count). The van der Waals surface area contributed by atoms with Gasteiger partial charge in [-0.15, -0.1) is 0 Å². The van der Waals surface area contributed by atoms with Crippen molar-refractivity contribution in [1.29, 1.82) is 5.26 Å². The van der Waals surface area contributed by atoms with Crippen molar-refractivity contribution in [3.8, 4) is 11.8 Å². The lowest BCUT2D eigenvalue weighted by atomic mass is 10.1.